The third-order valence-electron chi connectivity index (χ3n) is 2.83. The number of fused-ring (bicyclic) bond motifs is 1. The van der Waals surface area contributed by atoms with Crippen LogP contribution in [-0.4, -0.2) is 23.3 Å². The summed E-state index contributed by atoms with van der Waals surface area (Å²) in [5.41, 5.74) is 1.85. The van der Waals surface area contributed by atoms with Crippen LogP contribution in [0.2, 0.25) is 0 Å². The average molecular weight is 234 g/mol. The van der Waals surface area contributed by atoms with Crippen molar-refractivity contribution in [2.24, 2.45) is 0 Å². The molecule has 4 heteroatoms. The molecule has 2 heterocycles. The summed E-state index contributed by atoms with van der Waals surface area (Å²) < 4.78 is 5.70. The first-order chi connectivity index (χ1) is 7.92. The number of nitrogens with zero attached hydrogens (tertiary/aromatic N) is 1. The molecule has 0 atom stereocenters. The minimum atomic E-state index is 0.648. The fraction of sp³-hybridized carbons (Fsp3) is 0.417. The molecule has 0 aliphatic carbocycles. The van der Waals surface area contributed by atoms with Gasteiger partial charge in [0, 0.05) is 5.25 Å². The average Bonchev–Trinajstić information content (AvgIpc) is 2.72. The Kier molecular flexibility index (Phi) is 2.84. The van der Waals surface area contributed by atoms with E-state index >= 15 is 0 Å². The van der Waals surface area contributed by atoms with E-state index in [1.807, 2.05) is 24.3 Å². The Morgan fingerprint density at radius 2 is 2.06 bits per heavy atom. The minimum Gasteiger partial charge on any atom is -0.431 e. The molecule has 0 bridgehead atoms. The predicted octanol–water partition coefficient (Wildman–Crippen LogP) is 2.67. The summed E-state index contributed by atoms with van der Waals surface area (Å²) in [5, 5.41) is 4.82. The van der Waals surface area contributed by atoms with Gasteiger partial charge < -0.3 is 9.73 Å². The Hall–Kier alpha value is -1.00. The van der Waals surface area contributed by atoms with Crippen LogP contribution in [0.3, 0.4) is 0 Å². The topological polar surface area (TPSA) is 38.1 Å². The molecular weight excluding hydrogens is 220 g/mol. The van der Waals surface area contributed by atoms with Gasteiger partial charge in [-0.25, -0.2) is 4.98 Å². The minimum absolute atomic E-state index is 0.648. The van der Waals surface area contributed by atoms with Crippen molar-refractivity contribution in [1.29, 1.82) is 0 Å². The molecule has 16 heavy (non-hydrogen) atoms. The number of rotatable bonds is 2. The molecule has 3 nitrogen and oxygen atoms in total. The number of thioether (sulfide) groups is 1. The largest absolute Gasteiger partial charge is 0.431 e. The fourth-order valence-electron chi connectivity index (χ4n) is 1.96. The van der Waals surface area contributed by atoms with E-state index in [9.17, 15) is 0 Å². The Balaban J connectivity index is 1.78. The summed E-state index contributed by atoms with van der Waals surface area (Å²) in [4.78, 5) is 4.48. The number of hydrogen-bond donors (Lipinski definition) is 1. The molecule has 2 aromatic rings. The van der Waals surface area contributed by atoms with Gasteiger partial charge in [0.05, 0.1) is 0 Å². The Morgan fingerprint density at radius 1 is 1.25 bits per heavy atom. The van der Waals surface area contributed by atoms with Crippen molar-refractivity contribution in [3.8, 4) is 0 Å². The summed E-state index contributed by atoms with van der Waals surface area (Å²) in [7, 11) is 0. The van der Waals surface area contributed by atoms with Crippen molar-refractivity contribution < 1.29 is 4.42 Å². The Labute approximate surface area is 98.6 Å². The van der Waals surface area contributed by atoms with Gasteiger partial charge in [-0.3, -0.25) is 0 Å². The number of para-hydroxylation sites is 2. The van der Waals surface area contributed by atoms with Gasteiger partial charge in [0.1, 0.15) is 5.52 Å². The number of nitrogens with one attached hydrogen (secondary N) is 1. The van der Waals surface area contributed by atoms with E-state index < -0.39 is 0 Å². The van der Waals surface area contributed by atoms with Gasteiger partial charge in [0.25, 0.3) is 5.22 Å². The molecule has 0 unspecified atom stereocenters. The lowest BCUT2D eigenvalue weighted by Gasteiger charge is -2.20. The van der Waals surface area contributed by atoms with Crippen LogP contribution in [-0.2, 0) is 0 Å². The van der Waals surface area contributed by atoms with Crippen LogP contribution in [0.25, 0.3) is 11.1 Å². The van der Waals surface area contributed by atoms with E-state index in [0.717, 1.165) is 29.4 Å². The van der Waals surface area contributed by atoms with Gasteiger partial charge >= 0.3 is 0 Å². The number of oxazole rings is 1. The van der Waals surface area contributed by atoms with Crippen molar-refractivity contribution in [3.05, 3.63) is 24.3 Å². The summed E-state index contributed by atoms with van der Waals surface area (Å²) in [6.07, 6.45) is 2.40. The second kappa shape index (κ2) is 4.47. The first kappa shape index (κ1) is 10.2. The van der Waals surface area contributed by atoms with E-state index in [1.54, 1.807) is 11.8 Å². The number of aromatic nitrogens is 1. The number of hydrogen-bond acceptors (Lipinski definition) is 4. The zero-order valence-electron chi connectivity index (χ0n) is 8.98. The smallest absolute Gasteiger partial charge is 0.257 e. The molecule has 0 spiro atoms. The van der Waals surface area contributed by atoms with Crippen LogP contribution in [0.4, 0.5) is 0 Å². The second-order valence-electron chi connectivity index (χ2n) is 4.01. The molecular formula is C12H14N2OS. The maximum absolute atomic E-state index is 5.70. The summed E-state index contributed by atoms with van der Waals surface area (Å²) >= 11 is 1.77. The molecule has 1 N–H and O–H groups in total. The first-order valence-electron chi connectivity index (χ1n) is 5.65. The summed E-state index contributed by atoms with van der Waals surface area (Å²) in [5.74, 6) is 0. The van der Waals surface area contributed by atoms with Gasteiger partial charge in [-0.1, -0.05) is 23.9 Å². The van der Waals surface area contributed by atoms with Crippen LogP contribution in [0, 0.1) is 0 Å². The molecule has 3 rings (SSSR count). The molecule has 0 saturated carbocycles. The van der Waals surface area contributed by atoms with Crippen LogP contribution < -0.4 is 5.32 Å². The summed E-state index contributed by atoms with van der Waals surface area (Å²) in [6.45, 7) is 2.22. The highest BCUT2D eigenvalue weighted by atomic mass is 32.2. The summed E-state index contributed by atoms with van der Waals surface area (Å²) in [6, 6.07) is 7.93. The maximum atomic E-state index is 5.70. The Morgan fingerprint density at radius 3 is 2.88 bits per heavy atom. The van der Waals surface area contributed by atoms with E-state index in [1.165, 1.54) is 12.8 Å². The lowest BCUT2D eigenvalue weighted by molar-refractivity contribution is 0.480. The maximum Gasteiger partial charge on any atom is 0.257 e. The molecule has 0 radical (unpaired) electrons. The highest BCUT2D eigenvalue weighted by Gasteiger charge is 2.17. The van der Waals surface area contributed by atoms with E-state index in [0.29, 0.717) is 5.25 Å². The standard InChI is InChI=1S/C12H14N2OS/c1-2-4-11-10(3-1)14-12(15-11)16-9-5-7-13-8-6-9/h1-4,9,13H,5-8H2. The van der Waals surface area contributed by atoms with Crippen LogP contribution in [0.5, 0.6) is 0 Å². The zero-order chi connectivity index (χ0) is 10.8. The van der Waals surface area contributed by atoms with E-state index in [-0.39, 0.29) is 0 Å². The highest BCUT2D eigenvalue weighted by Crippen LogP contribution is 2.30. The first-order valence-corrected chi connectivity index (χ1v) is 6.53. The molecule has 84 valence electrons. The van der Waals surface area contributed by atoms with Gasteiger partial charge in [-0.05, 0) is 38.1 Å². The van der Waals surface area contributed by atoms with Crippen LogP contribution in [0.15, 0.2) is 33.9 Å². The quantitative estimate of drug-likeness (QED) is 0.867. The lowest BCUT2D eigenvalue weighted by atomic mass is 10.2. The normalized spacial score (nSPS) is 18.0. The van der Waals surface area contributed by atoms with Crippen molar-refractivity contribution in [2.45, 2.75) is 23.3 Å². The number of benzene rings is 1. The van der Waals surface area contributed by atoms with Crippen molar-refractivity contribution in [2.75, 3.05) is 13.1 Å². The Bertz CT molecular complexity index is 444. The third-order valence-corrected chi connectivity index (χ3v) is 4.01. The van der Waals surface area contributed by atoms with Crippen molar-refractivity contribution in [1.82, 2.24) is 10.3 Å². The molecule has 1 saturated heterocycles. The van der Waals surface area contributed by atoms with E-state index in [2.05, 4.69) is 10.3 Å². The molecule has 1 aliphatic heterocycles. The predicted molar refractivity (Wildman–Crippen MR) is 65.8 cm³/mol. The third kappa shape index (κ3) is 2.08. The van der Waals surface area contributed by atoms with Crippen molar-refractivity contribution >= 4 is 22.9 Å². The fourth-order valence-corrected chi connectivity index (χ4v) is 3.00. The molecule has 1 aliphatic rings. The van der Waals surface area contributed by atoms with Gasteiger partial charge in [0.15, 0.2) is 5.58 Å². The number of piperidine rings is 1. The lowest BCUT2D eigenvalue weighted by Crippen LogP contribution is -2.29. The second-order valence-corrected chi connectivity index (χ2v) is 5.27. The van der Waals surface area contributed by atoms with Crippen molar-refractivity contribution in [3.63, 3.8) is 0 Å². The van der Waals surface area contributed by atoms with Gasteiger partial charge in [-0.15, -0.1) is 0 Å². The SMILES string of the molecule is c1ccc2oc(SC3CCNCC3)nc2c1. The van der Waals surface area contributed by atoms with Crippen LogP contribution in [0.1, 0.15) is 12.8 Å². The van der Waals surface area contributed by atoms with E-state index in [4.69, 9.17) is 4.42 Å². The monoisotopic (exact) mass is 234 g/mol. The zero-order valence-corrected chi connectivity index (χ0v) is 9.80. The molecule has 1 aromatic carbocycles. The molecule has 1 fully saturated rings. The molecule has 0 amide bonds. The van der Waals surface area contributed by atoms with Gasteiger partial charge in [0.2, 0.25) is 0 Å². The van der Waals surface area contributed by atoms with Crippen LogP contribution >= 0.6 is 11.8 Å². The highest BCUT2D eigenvalue weighted by molar-refractivity contribution is 7.99. The van der Waals surface area contributed by atoms with Gasteiger partial charge in [-0.2, -0.15) is 0 Å². The molecule has 1 aromatic heterocycles.